The number of aryl methyl sites for hydroxylation is 1. The van der Waals surface area contributed by atoms with E-state index in [-0.39, 0.29) is 0 Å². The first kappa shape index (κ1) is 25.4. The van der Waals surface area contributed by atoms with Gasteiger partial charge in [0, 0.05) is 54.1 Å². The van der Waals surface area contributed by atoms with E-state index in [0.29, 0.717) is 24.7 Å². The second-order valence-electron chi connectivity index (χ2n) is 8.83. The average molecular weight is 520 g/mol. The lowest BCUT2D eigenvalue weighted by Gasteiger charge is -2.26. The number of fused-ring (bicyclic) bond motifs is 1. The molecule has 0 saturated carbocycles. The van der Waals surface area contributed by atoms with Gasteiger partial charge in [-0.25, -0.2) is 15.0 Å². The molecule has 5 rings (SSSR count). The maximum atomic E-state index is 5.91. The Bertz CT molecular complexity index is 1350. The van der Waals surface area contributed by atoms with Crippen LogP contribution in [0.1, 0.15) is 24.7 Å². The van der Waals surface area contributed by atoms with Crippen molar-refractivity contribution < 1.29 is 14.2 Å². The highest BCUT2D eigenvalue weighted by molar-refractivity contribution is 7.09. The fourth-order valence-electron chi connectivity index (χ4n) is 4.40. The van der Waals surface area contributed by atoms with Crippen molar-refractivity contribution in [1.82, 2.24) is 19.9 Å². The number of benzene rings is 2. The van der Waals surface area contributed by atoms with Gasteiger partial charge in [-0.3, -0.25) is 4.90 Å². The van der Waals surface area contributed by atoms with E-state index in [0.717, 1.165) is 83.8 Å². The zero-order chi connectivity index (χ0) is 25.6. The maximum absolute atomic E-state index is 5.91. The van der Waals surface area contributed by atoms with Crippen LogP contribution in [0.3, 0.4) is 0 Å². The van der Waals surface area contributed by atoms with Crippen LogP contribution in [0, 0.1) is 6.92 Å². The molecular weight excluding hydrogens is 486 g/mol. The van der Waals surface area contributed by atoms with E-state index < -0.39 is 0 Å². The minimum absolute atomic E-state index is 0.544. The number of morpholine rings is 1. The van der Waals surface area contributed by atoms with Crippen molar-refractivity contribution in [3.05, 3.63) is 52.6 Å². The molecule has 0 radical (unpaired) electrons. The molecule has 2 aromatic carbocycles. The standard InChI is InChI=1S/C28H33N5O3S/c1-4-35-25-16-22-23(17-26(25)36-5-2)31-27(9-10-33-11-13-34-14-12-33)32-28(22)30-21-8-6-7-20(15-21)24-18-37-19(3)29-24/h6-8,15-18H,4-5,9-14H2,1-3H3,(H,30,31,32). The van der Waals surface area contributed by atoms with E-state index in [1.807, 2.05) is 45.0 Å². The Morgan fingerprint density at radius 3 is 2.51 bits per heavy atom. The minimum atomic E-state index is 0.544. The third kappa shape index (κ3) is 6.18. The fourth-order valence-corrected chi connectivity index (χ4v) is 5.02. The van der Waals surface area contributed by atoms with Gasteiger partial charge in [-0.05, 0) is 39.0 Å². The Balaban J connectivity index is 1.51. The van der Waals surface area contributed by atoms with E-state index in [9.17, 15) is 0 Å². The Morgan fingerprint density at radius 2 is 1.78 bits per heavy atom. The summed E-state index contributed by atoms with van der Waals surface area (Å²) in [4.78, 5) is 16.9. The van der Waals surface area contributed by atoms with Crippen LogP contribution >= 0.6 is 11.3 Å². The first-order valence-electron chi connectivity index (χ1n) is 12.8. The zero-order valence-electron chi connectivity index (χ0n) is 21.6. The van der Waals surface area contributed by atoms with Gasteiger partial charge in [-0.15, -0.1) is 11.3 Å². The van der Waals surface area contributed by atoms with E-state index in [2.05, 4.69) is 32.7 Å². The van der Waals surface area contributed by atoms with Crippen molar-refractivity contribution in [3.8, 4) is 22.8 Å². The number of aromatic nitrogens is 3. The molecule has 9 heteroatoms. The van der Waals surface area contributed by atoms with Gasteiger partial charge < -0.3 is 19.5 Å². The molecule has 0 bridgehead atoms. The topological polar surface area (TPSA) is 81.6 Å². The minimum Gasteiger partial charge on any atom is -0.490 e. The first-order chi connectivity index (χ1) is 18.1. The highest BCUT2D eigenvalue weighted by atomic mass is 32.1. The molecule has 4 aromatic rings. The van der Waals surface area contributed by atoms with Gasteiger partial charge in [0.2, 0.25) is 0 Å². The van der Waals surface area contributed by atoms with Crippen LogP contribution < -0.4 is 14.8 Å². The molecule has 0 spiro atoms. The summed E-state index contributed by atoms with van der Waals surface area (Å²) in [6.45, 7) is 11.4. The van der Waals surface area contributed by atoms with E-state index in [1.54, 1.807) is 11.3 Å². The monoisotopic (exact) mass is 519 g/mol. The van der Waals surface area contributed by atoms with Gasteiger partial charge in [0.15, 0.2) is 11.5 Å². The van der Waals surface area contributed by atoms with Crippen molar-refractivity contribution in [2.24, 2.45) is 0 Å². The predicted octanol–water partition coefficient (Wildman–Crippen LogP) is 5.48. The fraction of sp³-hybridized carbons (Fsp3) is 0.393. The third-order valence-electron chi connectivity index (χ3n) is 6.20. The summed E-state index contributed by atoms with van der Waals surface area (Å²) < 4.78 is 17.3. The lowest BCUT2D eigenvalue weighted by molar-refractivity contribution is 0.0382. The van der Waals surface area contributed by atoms with Crippen LogP contribution in [0.2, 0.25) is 0 Å². The van der Waals surface area contributed by atoms with Crippen LogP contribution in [-0.2, 0) is 11.2 Å². The second kappa shape index (κ2) is 11.9. The van der Waals surface area contributed by atoms with Gasteiger partial charge in [0.05, 0.1) is 42.6 Å². The van der Waals surface area contributed by atoms with E-state index >= 15 is 0 Å². The van der Waals surface area contributed by atoms with Gasteiger partial charge in [0.25, 0.3) is 0 Å². The number of ether oxygens (including phenoxy) is 3. The van der Waals surface area contributed by atoms with Crippen molar-refractivity contribution in [3.63, 3.8) is 0 Å². The highest BCUT2D eigenvalue weighted by Crippen LogP contribution is 2.36. The van der Waals surface area contributed by atoms with Crippen LogP contribution in [0.15, 0.2) is 41.8 Å². The third-order valence-corrected chi connectivity index (χ3v) is 6.98. The molecule has 1 saturated heterocycles. The Hall–Kier alpha value is -3.27. The second-order valence-corrected chi connectivity index (χ2v) is 9.89. The lowest BCUT2D eigenvalue weighted by atomic mass is 10.1. The number of nitrogens with zero attached hydrogens (tertiary/aromatic N) is 4. The molecule has 37 heavy (non-hydrogen) atoms. The maximum Gasteiger partial charge on any atom is 0.163 e. The van der Waals surface area contributed by atoms with E-state index in [4.69, 9.17) is 24.2 Å². The molecule has 1 fully saturated rings. The molecule has 1 aliphatic heterocycles. The number of rotatable bonds is 10. The molecular formula is C28H33N5O3S. The largest absolute Gasteiger partial charge is 0.490 e. The molecule has 3 heterocycles. The quantitative estimate of drug-likeness (QED) is 0.295. The van der Waals surface area contributed by atoms with Gasteiger partial charge in [-0.1, -0.05) is 12.1 Å². The van der Waals surface area contributed by atoms with Crippen molar-refractivity contribution in [2.75, 3.05) is 51.4 Å². The van der Waals surface area contributed by atoms with Crippen molar-refractivity contribution in [2.45, 2.75) is 27.2 Å². The average Bonchev–Trinajstić information content (AvgIpc) is 3.35. The number of thiazole rings is 1. The number of nitrogens with one attached hydrogen (secondary N) is 1. The summed E-state index contributed by atoms with van der Waals surface area (Å²) in [5, 5.41) is 7.58. The Labute approximate surface area is 221 Å². The summed E-state index contributed by atoms with van der Waals surface area (Å²) in [5.41, 5.74) is 3.81. The predicted molar refractivity (Wildman–Crippen MR) is 148 cm³/mol. The molecule has 8 nitrogen and oxygen atoms in total. The zero-order valence-corrected chi connectivity index (χ0v) is 22.4. The smallest absolute Gasteiger partial charge is 0.163 e. The summed E-state index contributed by atoms with van der Waals surface area (Å²) in [6.07, 6.45) is 0.750. The van der Waals surface area contributed by atoms with Crippen LogP contribution in [0.4, 0.5) is 11.5 Å². The molecule has 0 amide bonds. The van der Waals surface area contributed by atoms with Gasteiger partial charge >= 0.3 is 0 Å². The SMILES string of the molecule is CCOc1cc2nc(CCN3CCOCC3)nc(Nc3cccc(-c4csc(C)n4)c3)c2cc1OCC. The summed E-state index contributed by atoms with van der Waals surface area (Å²) in [5.74, 6) is 2.93. The first-order valence-corrected chi connectivity index (χ1v) is 13.7. The van der Waals surface area contributed by atoms with Crippen LogP contribution in [-0.4, -0.2) is 65.9 Å². The van der Waals surface area contributed by atoms with Crippen LogP contribution in [0.5, 0.6) is 11.5 Å². The molecule has 1 aliphatic rings. The number of hydrogen-bond acceptors (Lipinski definition) is 9. The Kier molecular flexibility index (Phi) is 8.13. The molecule has 1 N–H and O–H groups in total. The van der Waals surface area contributed by atoms with E-state index in [1.165, 1.54) is 0 Å². The summed E-state index contributed by atoms with van der Waals surface area (Å²) in [6, 6.07) is 12.2. The van der Waals surface area contributed by atoms with Crippen molar-refractivity contribution in [1.29, 1.82) is 0 Å². The Morgan fingerprint density at radius 1 is 1.00 bits per heavy atom. The number of hydrogen-bond donors (Lipinski definition) is 1. The van der Waals surface area contributed by atoms with Crippen molar-refractivity contribution >= 4 is 33.7 Å². The highest BCUT2D eigenvalue weighted by Gasteiger charge is 2.16. The summed E-state index contributed by atoms with van der Waals surface area (Å²) in [7, 11) is 0. The molecule has 0 unspecified atom stereocenters. The number of anilines is 2. The summed E-state index contributed by atoms with van der Waals surface area (Å²) >= 11 is 1.65. The van der Waals surface area contributed by atoms with Gasteiger partial charge in [0.1, 0.15) is 11.6 Å². The molecule has 194 valence electrons. The molecule has 0 atom stereocenters. The van der Waals surface area contributed by atoms with Crippen LogP contribution in [0.25, 0.3) is 22.2 Å². The molecule has 2 aromatic heterocycles. The van der Waals surface area contributed by atoms with Gasteiger partial charge in [-0.2, -0.15) is 0 Å². The normalized spacial score (nSPS) is 14.1. The lowest BCUT2D eigenvalue weighted by Crippen LogP contribution is -2.37. The molecule has 0 aliphatic carbocycles.